The maximum atomic E-state index is 10.3. The molecule has 4 atom stereocenters. The predicted molar refractivity (Wildman–Crippen MR) is 86.8 cm³/mol. The highest BCUT2D eigenvalue weighted by Gasteiger charge is 2.30. The third-order valence-electron chi connectivity index (χ3n) is 5.03. The zero-order chi connectivity index (χ0) is 16.2. The van der Waals surface area contributed by atoms with Gasteiger partial charge < -0.3 is 24.2 Å². The van der Waals surface area contributed by atoms with Gasteiger partial charge in [-0.15, -0.1) is 0 Å². The summed E-state index contributed by atoms with van der Waals surface area (Å²) in [6.45, 7) is 6.47. The number of piperidine rings is 1. The van der Waals surface area contributed by atoms with Crippen LogP contribution in [0.5, 0.6) is 11.5 Å². The summed E-state index contributed by atoms with van der Waals surface area (Å²) in [5.41, 5.74) is 1.04. The summed E-state index contributed by atoms with van der Waals surface area (Å²) in [7, 11) is 0. The second-order valence-corrected chi connectivity index (χ2v) is 6.87. The molecule has 5 heteroatoms. The summed E-state index contributed by atoms with van der Waals surface area (Å²) in [5.74, 6) is 1.55. The van der Waals surface area contributed by atoms with Crippen molar-refractivity contribution in [2.75, 3.05) is 19.9 Å². The van der Waals surface area contributed by atoms with Gasteiger partial charge in [0.05, 0.1) is 25.3 Å². The van der Waals surface area contributed by atoms with Gasteiger partial charge in [-0.3, -0.25) is 0 Å². The molecule has 2 N–H and O–H groups in total. The highest BCUT2D eigenvalue weighted by molar-refractivity contribution is 5.44. The molecule has 0 spiro atoms. The van der Waals surface area contributed by atoms with Crippen LogP contribution in [-0.2, 0) is 11.3 Å². The zero-order valence-corrected chi connectivity index (χ0v) is 14.1. The standard InChI is InChI=1S/C18H27NO4/c1-13-4-3-5-14(2)19(13)9-16(20)11-21-10-15-6-7-17-18(8-15)23-12-22-17/h6-8,13-14,16,20H,3-5,9-12H2,1-2H3/p+1/t13-,14+,16-/m0/s1. The Balaban J connectivity index is 1.43. The monoisotopic (exact) mass is 322 g/mol. The average Bonchev–Trinajstić information content (AvgIpc) is 2.99. The SMILES string of the molecule is C[C@@H]1CCC[C@H](C)[NH+]1C[C@H](O)COCc1ccc2c(c1)OCO2. The van der Waals surface area contributed by atoms with Crippen molar-refractivity contribution < 1.29 is 24.2 Å². The minimum absolute atomic E-state index is 0.285. The number of rotatable bonds is 6. The van der Waals surface area contributed by atoms with E-state index in [1.54, 1.807) is 0 Å². The third-order valence-corrected chi connectivity index (χ3v) is 5.03. The van der Waals surface area contributed by atoms with Crippen LogP contribution in [0.25, 0.3) is 0 Å². The fourth-order valence-corrected chi connectivity index (χ4v) is 3.66. The number of likely N-dealkylation sites (tertiary alicyclic amines) is 1. The Labute approximate surface area is 138 Å². The molecule has 2 aliphatic rings. The van der Waals surface area contributed by atoms with E-state index in [9.17, 15) is 5.11 Å². The number of hydrogen-bond acceptors (Lipinski definition) is 4. The first kappa shape index (κ1) is 16.6. The van der Waals surface area contributed by atoms with Crippen LogP contribution < -0.4 is 14.4 Å². The molecule has 1 unspecified atom stereocenters. The van der Waals surface area contributed by atoms with Gasteiger partial charge in [0.25, 0.3) is 0 Å². The van der Waals surface area contributed by atoms with E-state index >= 15 is 0 Å². The van der Waals surface area contributed by atoms with Crippen molar-refractivity contribution in [3.05, 3.63) is 23.8 Å². The van der Waals surface area contributed by atoms with Gasteiger partial charge >= 0.3 is 0 Å². The average molecular weight is 322 g/mol. The van der Waals surface area contributed by atoms with Gasteiger partial charge in [-0.05, 0) is 50.8 Å². The molecular formula is C18H28NO4+. The summed E-state index contributed by atoms with van der Waals surface area (Å²) >= 11 is 0. The number of aliphatic hydroxyl groups excluding tert-OH is 1. The van der Waals surface area contributed by atoms with E-state index in [0.29, 0.717) is 25.3 Å². The van der Waals surface area contributed by atoms with Crippen LogP contribution in [0.2, 0.25) is 0 Å². The van der Waals surface area contributed by atoms with Crippen molar-refractivity contribution >= 4 is 0 Å². The number of hydrogen-bond donors (Lipinski definition) is 2. The fourth-order valence-electron chi connectivity index (χ4n) is 3.66. The first-order valence-corrected chi connectivity index (χ1v) is 8.63. The predicted octanol–water partition coefficient (Wildman–Crippen LogP) is 1.14. The Hall–Kier alpha value is -1.30. The lowest BCUT2D eigenvalue weighted by atomic mass is 9.97. The zero-order valence-electron chi connectivity index (χ0n) is 14.1. The summed E-state index contributed by atoms with van der Waals surface area (Å²) in [5, 5.41) is 10.3. The Kier molecular flexibility index (Phi) is 5.41. The normalized spacial score (nSPS) is 27.9. The maximum absolute atomic E-state index is 10.3. The smallest absolute Gasteiger partial charge is 0.231 e. The van der Waals surface area contributed by atoms with Crippen molar-refractivity contribution in [1.82, 2.24) is 0 Å². The van der Waals surface area contributed by atoms with Crippen molar-refractivity contribution in [2.24, 2.45) is 0 Å². The van der Waals surface area contributed by atoms with Gasteiger partial charge in [0.15, 0.2) is 11.5 Å². The molecule has 23 heavy (non-hydrogen) atoms. The number of aliphatic hydroxyl groups is 1. The summed E-state index contributed by atoms with van der Waals surface area (Å²) in [6, 6.07) is 7.07. The fraction of sp³-hybridized carbons (Fsp3) is 0.667. The van der Waals surface area contributed by atoms with Crippen LogP contribution >= 0.6 is 0 Å². The van der Waals surface area contributed by atoms with E-state index in [4.69, 9.17) is 14.2 Å². The van der Waals surface area contributed by atoms with Crippen LogP contribution in [-0.4, -0.2) is 43.2 Å². The molecule has 0 amide bonds. The van der Waals surface area contributed by atoms with E-state index in [1.807, 2.05) is 18.2 Å². The van der Waals surface area contributed by atoms with Gasteiger partial charge in [-0.1, -0.05) is 6.07 Å². The summed E-state index contributed by atoms with van der Waals surface area (Å²) in [6.07, 6.45) is 3.40. The largest absolute Gasteiger partial charge is 0.454 e. The van der Waals surface area contributed by atoms with Gasteiger partial charge in [0.1, 0.15) is 12.6 Å². The number of fused-ring (bicyclic) bond motifs is 1. The van der Waals surface area contributed by atoms with Crippen LogP contribution in [0, 0.1) is 0 Å². The maximum Gasteiger partial charge on any atom is 0.231 e. The molecule has 0 aromatic heterocycles. The van der Waals surface area contributed by atoms with Crippen molar-refractivity contribution in [2.45, 2.75) is 57.9 Å². The molecule has 1 aromatic carbocycles. The topological polar surface area (TPSA) is 52.4 Å². The summed E-state index contributed by atoms with van der Waals surface area (Å²) in [4.78, 5) is 1.51. The molecule has 1 fully saturated rings. The highest BCUT2D eigenvalue weighted by atomic mass is 16.7. The van der Waals surface area contributed by atoms with Crippen molar-refractivity contribution in [3.8, 4) is 11.5 Å². The molecule has 2 heterocycles. The molecule has 5 nitrogen and oxygen atoms in total. The van der Waals surface area contributed by atoms with Crippen LogP contribution in [0.3, 0.4) is 0 Å². The van der Waals surface area contributed by atoms with Crippen molar-refractivity contribution in [1.29, 1.82) is 0 Å². The van der Waals surface area contributed by atoms with Gasteiger partial charge in [-0.2, -0.15) is 0 Å². The van der Waals surface area contributed by atoms with Crippen LogP contribution in [0.4, 0.5) is 0 Å². The van der Waals surface area contributed by atoms with E-state index in [-0.39, 0.29) is 6.79 Å². The molecule has 2 aliphatic heterocycles. The molecular weight excluding hydrogens is 294 g/mol. The molecule has 0 bridgehead atoms. The quantitative estimate of drug-likeness (QED) is 0.825. The van der Waals surface area contributed by atoms with Gasteiger partial charge in [-0.25, -0.2) is 0 Å². The van der Waals surface area contributed by atoms with E-state index in [0.717, 1.165) is 23.6 Å². The molecule has 0 saturated carbocycles. The van der Waals surface area contributed by atoms with Crippen molar-refractivity contribution in [3.63, 3.8) is 0 Å². The molecule has 1 saturated heterocycles. The number of benzene rings is 1. The minimum atomic E-state index is -0.415. The Morgan fingerprint density at radius 1 is 1.22 bits per heavy atom. The molecule has 0 aliphatic carbocycles. The first-order chi connectivity index (χ1) is 11.1. The first-order valence-electron chi connectivity index (χ1n) is 8.63. The van der Waals surface area contributed by atoms with E-state index in [2.05, 4.69) is 13.8 Å². The Morgan fingerprint density at radius 2 is 1.96 bits per heavy atom. The molecule has 3 rings (SSSR count). The molecule has 128 valence electrons. The lowest BCUT2D eigenvalue weighted by Crippen LogP contribution is -3.20. The number of nitrogens with one attached hydrogen (secondary N) is 1. The molecule has 0 radical (unpaired) electrons. The van der Waals surface area contributed by atoms with Gasteiger partial charge in [0.2, 0.25) is 6.79 Å². The lowest BCUT2D eigenvalue weighted by molar-refractivity contribution is -0.954. The second kappa shape index (κ2) is 7.51. The van der Waals surface area contributed by atoms with E-state index in [1.165, 1.54) is 24.2 Å². The third kappa shape index (κ3) is 4.16. The number of ether oxygens (including phenoxy) is 3. The van der Waals surface area contributed by atoms with Crippen LogP contribution in [0.1, 0.15) is 38.7 Å². The molecule has 1 aromatic rings. The summed E-state index contributed by atoms with van der Waals surface area (Å²) < 4.78 is 16.3. The lowest BCUT2D eigenvalue weighted by Gasteiger charge is -2.36. The Bertz CT molecular complexity index is 512. The van der Waals surface area contributed by atoms with Gasteiger partial charge in [0, 0.05) is 0 Å². The number of quaternary nitrogens is 1. The second-order valence-electron chi connectivity index (χ2n) is 6.87. The van der Waals surface area contributed by atoms with E-state index < -0.39 is 6.10 Å². The highest BCUT2D eigenvalue weighted by Crippen LogP contribution is 2.32. The Morgan fingerprint density at radius 3 is 2.74 bits per heavy atom. The minimum Gasteiger partial charge on any atom is -0.454 e. The van der Waals surface area contributed by atoms with Crippen LogP contribution in [0.15, 0.2) is 18.2 Å².